The van der Waals surface area contributed by atoms with Gasteiger partial charge in [-0.3, -0.25) is 0 Å². The molecule has 0 amide bonds. The number of hydrogen-bond donors (Lipinski definition) is 0. The molecule has 2 aromatic rings. The zero-order valence-corrected chi connectivity index (χ0v) is 10.9. The van der Waals surface area contributed by atoms with Gasteiger partial charge in [-0.05, 0) is 42.3 Å². The molecule has 0 unspecified atom stereocenters. The molecule has 0 aliphatic carbocycles. The van der Waals surface area contributed by atoms with Crippen molar-refractivity contribution in [1.29, 1.82) is 5.26 Å². The van der Waals surface area contributed by atoms with Crippen molar-refractivity contribution in [1.82, 2.24) is 4.98 Å². The normalized spacial score (nSPS) is 9.74. The van der Waals surface area contributed by atoms with Gasteiger partial charge in [0.25, 0.3) is 0 Å². The summed E-state index contributed by atoms with van der Waals surface area (Å²) in [5, 5.41) is 8.79. The largest absolute Gasteiger partial charge is 0.493 e. The Kier molecular flexibility index (Phi) is 3.99. The monoisotopic (exact) mass is 254 g/mol. The first-order valence-electron chi connectivity index (χ1n) is 5.85. The quantitative estimate of drug-likeness (QED) is 0.841. The van der Waals surface area contributed by atoms with Gasteiger partial charge in [-0.1, -0.05) is 6.07 Å². The van der Waals surface area contributed by atoms with E-state index in [1.807, 2.05) is 37.3 Å². The van der Waals surface area contributed by atoms with Crippen molar-refractivity contribution >= 4 is 0 Å². The van der Waals surface area contributed by atoms with E-state index in [0.717, 1.165) is 11.1 Å². The summed E-state index contributed by atoms with van der Waals surface area (Å²) in [6.45, 7) is 2.37. The first kappa shape index (κ1) is 12.9. The molecule has 0 aliphatic heterocycles. The Morgan fingerprint density at radius 2 is 2.05 bits per heavy atom. The molecule has 1 aromatic heterocycles. The van der Waals surface area contributed by atoms with E-state index in [1.165, 1.54) is 0 Å². The molecule has 0 spiro atoms. The molecule has 96 valence electrons. The van der Waals surface area contributed by atoms with Gasteiger partial charge in [0.1, 0.15) is 18.4 Å². The Labute approximate surface area is 112 Å². The van der Waals surface area contributed by atoms with Crippen LogP contribution in [0.3, 0.4) is 0 Å². The minimum Gasteiger partial charge on any atom is -0.493 e. The molecule has 19 heavy (non-hydrogen) atoms. The van der Waals surface area contributed by atoms with Crippen molar-refractivity contribution in [2.75, 3.05) is 7.11 Å². The Hall–Kier alpha value is -2.54. The van der Waals surface area contributed by atoms with Gasteiger partial charge < -0.3 is 9.47 Å². The molecule has 0 aliphatic rings. The fourth-order valence-electron chi connectivity index (χ4n) is 1.68. The minimum absolute atomic E-state index is 0.372. The van der Waals surface area contributed by atoms with Crippen molar-refractivity contribution in [3.05, 3.63) is 53.3 Å². The van der Waals surface area contributed by atoms with E-state index in [4.69, 9.17) is 14.7 Å². The summed E-state index contributed by atoms with van der Waals surface area (Å²) in [5.74, 6) is 1.39. The number of ether oxygens (including phenoxy) is 2. The molecule has 0 atom stereocenters. The molecule has 4 heteroatoms. The van der Waals surface area contributed by atoms with Crippen LogP contribution >= 0.6 is 0 Å². The third-order valence-electron chi connectivity index (χ3n) is 2.65. The van der Waals surface area contributed by atoms with Crippen LogP contribution in [0.2, 0.25) is 0 Å². The zero-order chi connectivity index (χ0) is 13.7. The molecule has 0 fully saturated rings. The van der Waals surface area contributed by atoms with Crippen LogP contribution in [0.1, 0.15) is 16.8 Å². The number of nitrogens with zero attached hydrogens (tertiary/aromatic N) is 2. The van der Waals surface area contributed by atoms with E-state index in [1.54, 1.807) is 19.4 Å². The molecular formula is C15H14N2O2. The van der Waals surface area contributed by atoms with Crippen LogP contribution in [-0.4, -0.2) is 12.1 Å². The summed E-state index contributed by atoms with van der Waals surface area (Å²) in [6.07, 6.45) is 1.60. The Bertz CT molecular complexity index is 618. The van der Waals surface area contributed by atoms with Crippen molar-refractivity contribution in [2.24, 2.45) is 0 Å². The van der Waals surface area contributed by atoms with Gasteiger partial charge in [0.05, 0.1) is 7.11 Å². The van der Waals surface area contributed by atoms with Crippen LogP contribution in [-0.2, 0) is 6.61 Å². The lowest BCUT2D eigenvalue weighted by Gasteiger charge is -2.11. The number of rotatable bonds is 4. The lowest BCUT2D eigenvalue weighted by Crippen LogP contribution is -1.99. The molecule has 0 bridgehead atoms. The molecule has 0 saturated heterocycles. The summed E-state index contributed by atoms with van der Waals surface area (Å²) < 4.78 is 11.0. The lowest BCUT2D eigenvalue weighted by molar-refractivity contribution is 0.284. The third-order valence-corrected chi connectivity index (χ3v) is 2.65. The second kappa shape index (κ2) is 5.87. The van der Waals surface area contributed by atoms with Crippen LogP contribution in [0.15, 0.2) is 36.5 Å². The summed E-state index contributed by atoms with van der Waals surface area (Å²) in [5.41, 5.74) is 2.39. The number of aromatic nitrogens is 1. The highest BCUT2D eigenvalue weighted by Crippen LogP contribution is 2.28. The van der Waals surface area contributed by atoms with E-state index in [2.05, 4.69) is 4.98 Å². The zero-order valence-electron chi connectivity index (χ0n) is 10.9. The highest BCUT2D eigenvalue weighted by Gasteiger charge is 2.05. The van der Waals surface area contributed by atoms with Crippen molar-refractivity contribution in [3.8, 4) is 17.6 Å². The van der Waals surface area contributed by atoms with Crippen molar-refractivity contribution in [3.63, 3.8) is 0 Å². The van der Waals surface area contributed by atoms with E-state index in [-0.39, 0.29) is 0 Å². The van der Waals surface area contributed by atoms with Crippen LogP contribution in [0.4, 0.5) is 0 Å². The maximum atomic E-state index is 8.79. The summed E-state index contributed by atoms with van der Waals surface area (Å²) in [7, 11) is 1.61. The summed E-state index contributed by atoms with van der Waals surface area (Å²) >= 11 is 0. The first-order chi connectivity index (χ1) is 9.22. The van der Waals surface area contributed by atoms with Crippen molar-refractivity contribution < 1.29 is 9.47 Å². The topological polar surface area (TPSA) is 55.1 Å². The Morgan fingerprint density at radius 3 is 2.79 bits per heavy atom. The average molecular weight is 254 g/mol. The molecular weight excluding hydrogens is 240 g/mol. The molecule has 1 aromatic carbocycles. The van der Waals surface area contributed by atoms with Crippen LogP contribution in [0, 0.1) is 18.3 Å². The van der Waals surface area contributed by atoms with Crippen LogP contribution < -0.4 is 9.47 Å². The maximum absolute atomic E-state index is 8.79. The maximum Gasteiger partial charge on any atom is 0.161 e. The minimum atomic E-state index is 0.372. The Balaban J connectivity index is 2.12. The number of aryl methyl sites for hydroxylation is 1. The van der Waals surface area contributed by atoms with Gasteiger partial charge in [-0.2, -0.15) is 5.26 Å². The SMILES string of the molecule is COc1cc(C)ccc1OCc1ccnc(C#N)c1. The fourth-order valence-corrected chi connectivity index (χ4v) is 1.68. The molecule has 0 radical (unpaired) electrons. The predicted octanol–water partition coefficient (Wildman–Crippen LogP) is 2.85. The summed E-state index contributed by atoms with van der Waals surface area (Å²) in [4.78, 5) is 3.92. The smallest absolute Gasteiger partial charge is 0.161 e. The van der Waals surface area contributed by atoms with Gasteiger partial charge in [0.2, 0.25) is 0 Å². The molecule has 2 rings (SSSR count). The van der Waals surface area contributed by atoms with E-state index >= 15 is 0 Å². The van der Waals surface area contributed by atoms with Gasteiger partial charge in [0, 0.05) is 6.20 Å². The first-order valence-corrected chi connectivity index (χ1v) is 5.85. The second-order valence-electron chi connectivity index (χ2n) is 4.10. The number of hydrogen-bond acceptors (Lipinski definition) is 4. The molecule has 0 saturated carbocycles. The van der Waals surface area contributed by atoms with E-state index < -0.39 is 0 Å². The molecule has 1 heterocycles. The highest BCUT2D eigenvalue weighted by atomic mass is 16.5. The number of pyridine rings is 1. The second-order valence-corrected chi connectivity index (χ2v) is 4.10. The van der Waals surface area contributed by atoms with Gasteiger partial charge in [-0.15, -0.1) is 0 Å². The Morgan fingerprint density at radius 1 is 1.21 bits per heavy atom. The van der Waals surface area contributed by atoms with Gasteiger partial charge in [-0.25, -0.2) is 4.98 Å². The highest BCUT2D eigenvalue weighted by molar-refractivity contribution is 5.42. The predicted molar refractivity (Wildman–Crippen MR) is 71.0 cm³/mol. The third kappa shape index (κ3) is 3.23. The van der Waals surface area contributed by atoms with E-state index in [9.17, 15) is 0 Å². The van der Waals surface area contributed by atoms with Gasteiger partial charge in [0.15, 0.2) is 11.5 Å². The lowest BCUT2D eigenvalue weighted by atomic mass is 10.2. The fraction of sp³-hybridized carbons (Fsp3) is 0.200. The number of nitriles is 1. The molecule has 0 N–H and O–H groups in total. The number of methoxy groups -OCH3 is 1. The average Bonchev–Trinajstić information content (AvgIpc) is 2.46. The van der Waals surface area contributed by atoms with Crippen LogP contribution in [0.5, 0.6) is 11.5 Å². The van der Waals surface area contributed by atoms with Gasteiger partial charge >= 0.3 is 0 Å². The number of benzene rings is 1. The molecule has 4 nitrogen and oxygen atoms in total. The summed E-state index contributed by atoms with van der Waals surface area (Å²) in [6, 6.07) is 11.3. The van der Waals surface area contributed by atoms with E-state index in [0.29, 0.717) is 23.8 Å². The standard InChI is InChI=1S/C15H14N2O2/c1-11-3-4-14(15(7-11)18-2)19-10-12-5-6-17-13(8-12)9-16/h3-8H,10H2,1-2H3. The van der Waals surface area contributed by atoms with Crippen molar-refractivity contribution in [2.45, 2.75) is 13.5 Å². The van der Waals surface area contributed by atoms with Crippen LogP contribution in [0.25, 0.3) is 0 Å².